The van der Waals surface area contributed by atoms with Crippen LogP contribution in [-0.2, 0) is 37.0 Å². The number of azide groups is 1. The van der Waals surface area contributed by atoms with Gasteiger partial charge in [0.15, 0.2) is 6.23 Å². The molecule has 2 saturated heterocycles. The van der Waals surface area contributed by atoms with Gasteiger partial charge in [0.1, 0.15) is 29.8 Å². The predicted octanol–water partition coefficient (Wildman–Crippen LogP) is 2.95. The molecule has 184 valence electrons. The van der Waals surface area contributed by atoms with Crippen molar-refractivity contribution >= 4 is 11.8 Å². The Morgan fingerprint density at radius 2 is 1.60 bits per heavy atom. The molecule has 5 atom stereocenters. The van der Waals surface area contributed by atoms with Crippen molar-refractivity contribution in [3.05, 3.63) is 82.2 Å². The lowest BCUT2D eigenvalue weighted by Crippen LogP contribution is -2.74. The smallest absolute Gasteiger partial charge is 0.244 e. The molecule has 2 heterocycles. The molecule has 0 radical (unpaired) electrons. The highest BCUT2D eigenvalue weighted by atomic mass is 16.6. The first-order valence-corrected chi connectivity index (χ1v) is 11.4. The largest absolute Gasteiger partial charge is 0.388 e. The number of carbonyl (C=O) groups excluding carboxylic acids is 2. The Morgan fingerprint density at radius 3 is 2.17 bits per heavy atom. The van der Waals surface area contributed by atoms with Crippen LogP contribution in [0.1, 0.15) is 25.0 Å². The average Bonchev–Trinajstić information content (AvgIpc) is 2.87. The van der Waals surface area contributed by atoms with Crippen molar-refractivity contribution in [2.75, 3.05) is 6.61 Å². The molecular formula is C25H28N4O6. The Morgan fingerprint density at radius 1 is 1.03 bits per heavy atom. The summed E-state index contributed by atoms with van der Waals surface area (Å²) in [6.07, 6.45) is -4.48. The lowest BCUT2D eigenvalue weighted by atomic mass is 9.78. The Kier molecular flexibility index (Phi) is 7.49. The van der Waals surface area contributed by atoms with Gasteiger partial charge in [0.2, 0.25) is 11.8 Å². The van der Waals surface area contributed by atoms with E-state index in [0.29, 0.717) is 0 Å². The molecule has 2 aliphatic heterocycles. The van der Waals surface area contributed by atoms with Crippen molar-refractivity contribution < 1.29 is 28.9 Å². The minimum atomic E-state index is -1.26. The third-order valence-electron chi connectivity index (χ3n) is 6.31. The van der Waals surface area contributed by atoms with Gasteiger partial charge >= 0.3 is 0 Å². The van der Waals surface area contributed by atoms with Crippen LogP contribution < -0.4 is 0 Å². The maximum Gasteiger partial charge on any atom is 0.244 e. The Balaban J connectivity index is 1.56. The fourth-order valence-electron chi connectivity index (χ4n) is 4.31. The van der Waals surface area contributed by atoms with E-state index in [1.807, 2.05) is 60.7 Å². The summed E-state index contributed by atoms with van der Waals surface area (Å²) in [6.45, 7) is 3.43. The van der Waals surface area contributed by atoms with Crippen LogP contribution in [0.2, 0.25) is 0 Å². The highest BCUT2D eigenvalue weighted by Crippen LogP contribution is 2.40. The van der Waals surface area contributed by atoms with Crippen molar-refractivity contribution in [3.8, 4) is 0 Å². The number of β-lactam (4-membered cyclic amide) rings is 2. The number of benzene rings is 2. The van der Waals surface area contributed by atoms with Crippen molar-refractivity contribution in [1.29, 1.82) is 0 Å². The first-order chi connectivity index (χ1) is 16.8. The summed E-state index contributed by atoms with van der Waals surface area (Å²) in [5, 5.41) is 14.9. The fraction of sp³-hybridized carbons (Fsp3) is 0.440. The number of nitrogens with zero attached hydrogens (tertiary/aromatic N) is 4. The third-order valence-corrected chi connectivity index (χ3v) is 6.31. The lowest BCUT2D eigenvalue weighted by molar-refractivity contribution is -0.240. The molecule has 2 amide bonds. The van der Waals surface area contributed by atoms with Crippen LogP contribution >= 0.6 is 0 Å². The molecule has 2 aromatic rings. The van der Waals surface area contributed by atoms with Crippen LogP contribution in [0.5, 0.6) is 0 Å². The van der Waals surface area contributed by atoms with Gasteiger partial charge in [-0.2, -0.15) is 0 Å². The predicted molar refractivity (Wildman–Crippen MR) is 124 cm³/mol. The average molecular weight is 481 g/mol. The van der Waals surface area contributed by atoms with E-state index in [1.165, 1.54) is 13.8 Å². The first kappa shape index (κ1) is 24.8. The van der Waals surface area contributed by atoms with E-state index in [-0.39, 0.29) is 19.8 Å². The molecule has 2 aromatic carbocycles. The second kappa shape index (κ2) is 10.6. The third kappa shape index (κ3) is 5.07. The van der Waals surface area contributed by atoms with Crippen LogP contribution in [0.4, 0.5) is 0 Å². The van der Waals surface area contributed by atoms with Gasteiger partial charge < -0.3 is 19.3 Å². The number of ether oxygens (including phenoxy) is 3. The normalized spacial score (nSPS) is 27.7. The summed E-state index contributed by atoms with van der Waals surface area (Å²) in [5.41, 5.74) is 9.75. The Bertz CT molecular complexity index is 1070. The van der Waals surface area contributed by atoms with E-state index in [0.717, 1.165) is 16.0 Å². The summed E-state index contributed by atoms with van der Waals surface area (Å²) >= 11 is 0. The fourth-order valence-corrected chi connectivity index (χ4v) is 4.31. The molecule has 0 bridgehead atoms. The van der Waals surface area contributed by atoms with E-state index in [1.54, 1.807) is 0 Å². The van der Waals surface area contributed by atoms with Gasteiger partial charge in [-0.05, 0) is 30.5 Å². The van der Waals surface area contributed by atoms with Gasteiger partial charge in [-0.25, -0.2) is 0 Å². The van der Waals surface area contributed by atoms with E-state index in [4.69, 9.17) is 19.7 Å². The highest BCUT2D eigenvalue weighted by molar-refractivity contribution is 6.21. The molecule has 0 aromatic heterocycles. The van der Waals surface area contributed by atoms with E-state index < -0.39 is 47.8 Å². The van der Waals surface area contributed by atoms with Gasteiger partial charge in [0, 0.05) is 4.91 Å². The molecular weight excluding hydrogens is 452 g/mol. The number of rotatable bonds is 9. The molecule has 2 fully saturated rings. The number of aliphatic hydroxyl groups excluding tert-OH is 1. The number of imide groups is 1. The number of hydrogen-bond donors (Lipinski definition) is 1. The monoisotopic (exact) mass is 480 g/mol. The topological polar surface area (TPSA) is 134 Å². The molecule has 1 N–H and O–H groups in total. The molecule has 0 spiro atoms. The van der Waals surface area contributed by atoms with Crippen LogP contribution in [0.3, 0.4) is 0 Å². The van der Waals surface area contributed by atoms with Crippen LogP contribution in [0.15, 0.2) is 65.8 Å². The van der Waals surface area contributed by atoms with Gasteiger partial charge in [-0.1, -0.05) is 65.8 Å². The van der Waals surface area contributed by atoms with Gasteiger partial charge in [-0.3, -0.25) is 14.5 Å². The second-order valence-electron chi connectivity index (χ2n) is 9.12. The molecule has 4 rings (SSSR count). The molecule has 10 heteroatoms. The molecule has 0 saturated carbocycles. The van der Waals surface area contributed by atoms with E-state index in [9.17, 15) is 14.7 Å². The second-order valence-corrected chi connectivity index (χ2v) is 9.12. The molecule has 10 nitrogen and oxygen atoms in total. The maximum atomic E-state index is 12.8. The summed E-state index contributed by atoms with van der Waals surface area (Å²) in [6, 6.07) is 17.7. The quantitative estimate of drug-likeness (QED) is 0.193. The number of carbonyl (C=O) groups is 2. The van der Waals surface area contributed by atoms with Crippen LogP contribution in [-0.4, -0.2) is 59.0 Å². The molecule has 35 heavy (non-hydrogen) atoms. The maximum absolute atomic E-state index is 12.8. The number of amides is 2. The lowest BCUT2D eigenvalue weighted by Gasteiger charge is -2.53. The van der Waals surface area contributed by atoms with Crippen molar-refractivity contribution in [1.82, 2.24) is 4.90 Å². The minimum absolute atomic E-state index is 0.0151. The summed E-state index contributed by atoms with van der Waals surface area (Å²) in [4.78, 5) is 29.5. The van der Waals surface area contributed by atoms with E-state index >= 15 is 0 Å². The van der Waals surface area contributed by atoms with Gasteiger partial charge in [-0.15, -0.1) is 0 Å². The van der Waals surface area contributed by atoms with Gasteiger partial charge in [0.05, 0.1) is 19.8 Å². The SMILES string of the molecule is CC1(C)C(=O)N([C@@H]2[C@@H](OCc3ccccc3)[C@H](O)[C@@H](COCc3ccccc3)O[C@H]2N=[N+]=[N-])C1=O. The van der Waals surface area contributed by atoms with Crippen LogP contribution in [0.25, 0.3) is 10.4 Å². The molecule has 0 aliphatic carbocycles. The number of likely N-dealkylation sites (tertiary alicyclic amines) is 1. The highest BCUT2D eigenvalue weighted by Gasteiger charge is 2.62. The van der Waals surface area contributed by atoms with Crippen LogP contribution in [0, 0.1) is 5.41 Å². The van der Waals surface area contributed by atoms with E-state index in [2.05, 4.69) is 10.0 Å². The van der Waals surface area contributed by atoms with Crippen molar-refractivity contribution in [3.63, 3.8) is 0 Å². The zero-order chi connectivity index (χ0) is 25.0. The zero-order valence-corrected chi connectivity index (χ0v) is 19.6. The Labute approximate surface area is 203 Å². The van der Waals surface area contributed by atoms with Gasteiger partial charge in [0.25, 0.3) is 0 Å². The summed E-state index contributed by atoms with van der Waals surface area (Å²) in [5.74, 6) is -0.901. The summed E-state index contributed by atoms with van der Waals surface area (Å²) in [7, 11) is 0. The number of hydrogen-bond acceptors (Lipinski definition) is 7. The summed E-state index contributed by atoms with van der Waals surface area (Å²) < 4.78 is 17.7. The Hall–Kier alpha value is -3.27. The number of aliphatic hydroxyl groups is 1. The van der Waals surface area contributed by atoms with Crippen molar-refractivity contribution in [2.45, 2.75) is 57.6 Å². The minimum Gasteiger partial charge on any atom is -0.388 e. The van der Waals surface area contributed by atoms with Crippen molar-refractivity contribution in [2.24, 2.45) is 10.5 Å². The first-order valence-electron chi connectivity index (χ1n) is 11.4. The molecule has 2 aliphatic rings. The molecule has 0 unspecified atom stereocenters. The standard InChI is InChI=1S/C25H28N4O6/c1-25(2)23(31)29(24(25)32)19-21(34-14-17-11-7-4-8-12-17)20(30)18(35-22(19)27-28-26)15-33-13-16-9-5-3-6-10-16/h3-12,18-22,30H,13-15H2,1-2H3/t18-,19-,20-,21-,22-/m1/s1. The zero-order valence-electron chi connectivity index (χ0n) is 19.6.